The van der Waals surface area contributed by atoms with Crippen molar-refractivity contribution in [3.8, 4) is 5.75 Å². The largest absolute Gasteiger partial charge is 0.507 e. The summed E-state index contributed by atoms with van der Waals surface area (Å²) in [6.07, 6.45) is -0.768. The van der Waals surface area contributed by atoms with E-state index in [9.17, 15) is 15.0 Å². The molecule has 0 aliphatic carbocycles. The number of hydrogen-bond donors (Lipinski definition) is 4. The van der Waals surface area contributed by atoms with Crippen molar-refractivity contribution in [2.24, 2.45) is 5.73 Å². The molecule has 2 rings (SSSR count). The second-order valence-electron chi connectivity index (χ2n) is 3.58. The first-order chi connectivity index (χ1) is 7.61. The third-order valence-corrected chi connectivity index (χ3v) is 2.45. The predicted octanol–water partition coefficient (Wildman–Crippen LogP) is 0.226. The van der Waals surface area contributed by atoms with Crippen LogP contribution in [0.4, 0.5) is 0 Å². The van der Waals surface area contributed by atoms with Gasteiger partial charge in [0.15, 0.2) is 0 Å². The van der Waals surface area contributed by atoms with Crippen LogP contribution in [0.2, 0.25) is 0 Å². The van der Waals surface area contributed by atoms with Crippen molar-refractivity contribution in [2.75, 3.05) is 6.54 Å². The highest BCUT2D eigenvalue weighted by Crippen LogP contribution is 2.24. The molecule has 0 fully saturated rings. The topological polar surface area (TPSA) is 99.3 Å². The highest BCUT2D eigenvalue weighted by atomic mass is 16.3. The van der Waals surface area contributed by atoms with Crippen LogP contribution in [0.3, 0.4) is 0 Å². The van der Waals surface area contributed by atoms with Crippen molar-refractivity contribution in [1.82, 2.24) is 4.98 Å². The summed E-state index contributed by atoms with van der Waals surface area (Å²) in [7, 11) is 0. The Morgan fingerprint density at radius 1 is 1.38 bits per heavy atom. The summed E-state index contributed by atoms with van der Waals surface area (Å²) in [6, 6.07) is 6.00. The van der Waals surface area contributed by atoms with Gasteiger partial charge < -0.3 is 20.9 Å². The maximum Gasteiger partial charge on any atom is 0.252 e. The normalized spacial score (nSPS) is 12.9. The molecule has 0 radical (unpaired) electrons. The number of benzene rings is 1. The van der Waals surface area contributed by atoms with E-state index in [1.165, 1.54) is 0 Å². The molecule has 1 unspecified atom stereocenters. The quantitative estimate of drug-likeness (QED) is 0.582. The Labute approximate surface area is 91.2 Å². The SMILES string of the molecule is NCC(O)c1ccc2[nH]c(=O)cc(O)c2c1. The van der Waals surface area contributed by atoms with Crippen LogP contribution in [-0.4, -0.2) is 21.7 Å². The molecule has 0 amide bonds. The minimum Gasteiger partial charge on any atom is -0.507 e. The van der Waals surface area contributed by atoms with E-state index >= 15 is 0 Å². The van der Waals surface area contributed by atoms with E-state index in [-0.39, 0.29) is 17.9 Å². The van der Waals surface area contributed by atoms with Gasteiger partial charge in [0, 0.05) is 18.0 Å². The highest BCUT2D eigenvalue weighted by Gasteiger charge is 2.08. The molecule has 16 heavy (non-hydrogen) atoms. The number of hydrogen-bond acceptors (Lipinski definition) is 4. The number of aromatic amines is 1. The summed E-state index contributed by atoms with van der Waals surface area (Å²) in [4.78, 5) is 13.7. The van der Waals surface area contributed by atoms with Crippen molar-refractivity contribution >= 4 is 10.9 Å². The lowest BCUT2D eigenvalue weighted by molar-refractivity contribution is 0.187. The first-order valence-electron chi connectivity index (χ1n) is 4.86. The van der Waals surface area contributed by atoms with Gasteiger partial charge in [-0.3, -0.25) is 4.79 Å². The van der Waals surface area contributed by atoms with Crippen molar-refractivity contribution in [3.63, 3.8) is 0 Å². The molecule has 1 heterocycles. The number of pyridine rings is 1. The average Bonchev–Trinajstić information content (AvgIpc) is 2.27. The third-order valence-electron chi connectivity index (χ3n) is 2.45. The van der Waals surface area contributed by atoms with E-state index in [1.807, 2.05) is 0 Å². The number of aromatic hydroxyl groups is 1. The van der Waals surface area contributed by atoms with Gasteiger partial charge in [-0.05, 0) is 17.7 Å². The fraction of sp³-hybridized carbons (Fsp3) is 0.182. The zero-order valence-corrected chi connectivity index (χ0v) is 8.47. The lowest BCUT2D eigenvalue weighted by Gasteiger charge is -2.09. The molecule has 0 saturated heterocycles. The van der Waals surface area contributed by atoms with Crippen molar-refractivity contribution < 1.29 is 10.2 Å². The monoisotopic (exact) mass is 220 g/mol. The molecule has 5 nitrogen and oxygen atoms in total. The zero-order valence-electron chi connectivity index (χ0n) is 8.47. The fourth-order valence-corrected chi connectivity index (χ4v) is 1.60. The number of nitrogens with one attached hydrogen (secondary N) is 1. The maximum atomic E-state index is 11.1. The lowest BCUT2D eigenvalue weighted by Crippen LogP contribution is -2.11. The van der Waals surface area contributed by atoms with Crippen LogP contribution in [0.5, 0.6) is 5.75 Å². The van der Waals surface area contributed by atoms with Gasteiger partial charge in [-0.25, -0.2) is 0 Å². The Bertz CT molecular complexity index is 577. The van der Waals surface area contributed by atoms with Crippen LogP contribution >= 0.6 is 0 Å². The van der Waals surface area contributed by atoms with E-state index < -0.39 is 6.10 Å². The average molecular weight is 220 g/mol. The van der Waals surface area contributed by atoms with E-state index in [4.69, 9.17) is 5.73 Å². The number of rotatable bonds is 2. The van der Waals surface area contributed by atoms with Crippen LogP contribution in [-0.2, 0) is 0 Å². The van der Waals surface area contributed by atoms with Gasteiger partial charge >= 0.3 is 0 Å². The number of H-pyrrole nitrogens is 1. The molecule has 0 saturated carbocycles. The number of nitrogens with two attached hydrogens (primary N) is 1. The second-order valence-corrected chi connectivity index (χ2v) is 3.58. The Balaban J connectivity index is 2.66. The molecule has 0 aliphatic rings. The molecular weight excluding hydrogens is 208 g/mol. The molecule has 1 aromatic heterocycles. The summed E-state index contributed by atoms with van der Waals surface area (Å²) in [5, 5.41) is 19.6. The van der Waals surface area contributed by atoms with Gasteiger partial charge in [-0.15, -0.1) is 0 Å². The molecule has 1 aromatic carbocycles. The van der Waals surface area contributed by atoms with Gasteiger partial charge in [0.2, 0.25) is 0 Å². The van der Waals surface area contributed by atoms with Crippen LogP contribution in [0.15, 0.2) is 29.1 Å². The maximum absolute atomic E-state index is 11.1. The molecular formula is C11H12N2O3. The van der Waals surface area contributed by atoms with Gasteiger partial charge in [0.05, 0.1) is 11.6 Å². The van der Waals surface area contributed by atoms with E-state index in [1.54, 1.807) is 18.2 Å². The summed E-state index contributed by atoms with van der Waals surface area (Å²) >= 11 is 0. The second kappa shape index (κ2) is 3.96. The molecule has 5 heteroatoms. The third kappa shape index (κ3) is 1.78. The predicted molar refractivity (Wildman–Crippen MR) is 60.2 cm³/mol. The van der Waals surface area contributed by atoms with Crippen LogP contribution in [0.25, 0.3) is 10.9 Å². The Morgan fingerprint density at radius 3 is 2.81 bits per heavy atom. The lowest BCUT2D eigenvalue weighted by atomic mass is 10.1. The van der Waals surface area contributed by atoms with E-state index in [0.717, 1.165) is 6.07 Å². The number of aliphatic hydroxyl groups is 1. The summed E-state index contributed by atoms with van der Waals surface area (Å²) in [5.41, 5.74) is 6.11. The number of aliphatic hydroxyl groups excluding tert-OH is 1. The van der Waals surface area contributed by atoms with Crippen LogP contribution < -0.4 is 11.3 Å². The van der Waals surface area contributed by atoms with Crippen molar-refractivity contribution in [3.05, 3.63) is 40.2 Å². The van der Waals surface area contributed by atoms with Crippen LogP contribution in [0, 0.1) is 0 Å². The summed E-state index contributed by atoms with van der Waals surface area (Å²) in [5.74, 6) is -0.107. The molecule has 2 aromatic rings. The molecule has 5 N–H and O–H groups in total. The highest BCUT2D eigenvalue weighted by molar-refractivity contribution is 5.85. The molecule has 0 bridgehead atoms. The summed E-state index contributed by atoms with van der Waals surface area (Å²) in [6.45, 7) is 0.107. The fourth-order valence-electron chi connectivity index (χ4n) is 1.60. The van der Waals surface area contributed by atoms with Gasteiger partial charge in [0.25, 0.3) is 5.56 Å². The van der Waals surface area contributed by atoms with Crippen LogP contribution in [0.1, 0.15) is 11.7 Å². The number of aromatic nitrogens is 1. The molecule has 0 spiro atoms. The van der Waals surface area contributed by atoms with Gasteiger partial charge in [-0.2, -0.15) is 0 Å². The minimum atomic E-state index is -0.768. The first-order valence-corrected chi connectivity index (χ1v) is 4.86. The molecule has 1 atom stereocenters. The van der Waals surface area contributed by atoms with E-state index in [0.29, 0.717) is 16.5 Å². The Morgan fingerprint density at radius 2 is 2.12 bits per heavy atom. The van der Waals surface area contributed by atoms with Crippen molar-refractivity contribution in [1.29, 1.82) is 0 Å². The summed E-state index contributed by atoms with van der Waals surface area (Å²) < 4.78 is 0. The zero-order chi connectivity index (χ0) is 11.7. The minimum absolute atomic E-state index is 0.107. The smallest absolute Gasteiger partial charge is 0.252 e. The molecule has 84 valence electrons. The molecule has 0 aliphatic heterocycles. The number of fused-ring (bicyclic) bond motifs is 1. The first kappa shape index (κ1) is 10.7. The van der Waals surface area contributed by atoms with E-state index in [2.05, 4.69) is 4.98 Å². The van der Waals surface area contributed by atoms with Gasteiger partial charge in [-0.1, -0.05) is 6.07 Å². The van der Waals surface area contributed by atoms with Crippen molar-refractivity contribution in [2.45, 2.75) is 6.10 Å². The standard InChI is InChI=1S/C11H12N2O3/c12-5-10(15)6-1-2-8-7(3-6)9(14)4-11(16)13-8/h1-4,10,15H,5,12H2,(H2,13,14,16). The Hall–Kier alpha value is -1.85. The van der Waals surface area contributed by atoms with Gasteiger partial charge in [0.1, 0.15) is 5.75 Å². The Kier molecular flexibility index (Phi) is 2.64.